The van der Waals surface area contributed by atoms with Crippen LogP contribution in [0, 0.1) is 0 Å². The van der Waals surface area contributed by atoms with Gasteiger partial charge in [0.05, 0.1) is 11.8 Å². The molecule has 0 saturated carbocycles. The van der Waals surface area contributed by atoms with Gasteiger partial charge in [-0.05, 0) is 24.8 Å². The van der Waals surface area contributed by atoms with E-state index in [9.17, 15) is 8.42 Å². The summed E-state index contributed by atoms with van der Waals surface area (Å²) in [5.74, 6) is 0.166. The van der Waals surface area contributed by atoms with E-state index in [2.05, 4.69) is 4.98 Å². The number of hydrogen-bond acceptors (Lipinski definition) is 4. The van der Waals surface area contributed by atoms with Gasteiger partial charge in [0.15, 0.2) is 0 Å². The van der Waals surface area contributed by atoms with Crippen LogP contribution < -0.4 is 0 Å². The van der Waals surface area contributed by atoms with Crippen LogP contribution in [0.2, 0.25) is 0 Å². The molecule has 2 heterocycles. The molecule has 0 aliphatic carbocycles. The van der Waals surface area contributed by atoms with Crippen LogP contribution in [0.25, 0.3) is 0 Å². The third-order valence-electron chi connectivity index (χ3n) is 4.04. The minimum absolute atomic E-state index is 0.0745. The second-order valence-electron chi connectivity index (χ2n) is 5.54. The third kappa shape index (κ3) is 3.56. The van der Waals surface area contributed by atoms with E-state index in [1.54, 1.807) is 21.8 Å². The molecule has 1 aromatic carbocycles. The number of rotatable bonds is 5. The van der Waals surface area contributed by atoms with Gasteiger partial charge >= 0.3 is 0 Å². The normalized spacial score (nSPS) is 20.1. The number of aryl methyl sites for hydroxylation is 1. The minimum Gasteiger partial charge on any atom is -0.248 e. The first-order valence-corrected chi connectivity index (χ1v) is 10.1. The molecule has 1 fully saturated rings. The maximum atomic E-state index is 12.8. The summed E-state index contributed by atoms with van der Waals surface area (Å²) in [5, 5.41) is 2.83. The lowest BCUT2D eigenvalue weighted by Crippen LogP contribution is -2.40. The average molecular weight is 336 g/mol. The van der Waals surface area contributed by atoms with Crippen molar-refractivity contribution in [2.45, 2.75) is 31.7 Å². The zero-order chi connectivity index (χ0) is 15.4. The number of sulfonamides is 1. The van der Waals surface area contributed by atoms with Crippen LogP contribution in [0.5, 0.6) is 0 Å². The topological polar surface area (TPSA) is 50.3 Å². The summed E-state index contributed by atoms with van der Waals surface area (Å²) >= 11 is 1.55. The number of hydrogen-bond donors (Lipinski definition) is 0. The lowest BCUT2D eigenvalue weighted by molar-refractivity contribution is 0.255. The summed E-state index contributed by atoms with van der Waals surface area (Å²) in [4.78, 5) is 4.33. The molecular weight excluding hydrogens is 316 g/mol. The summed E-state index contributed by atoms with van der Waals surface area (Å²) in [6, 6.07) is 9.71. The van der Waals surface area contributed by atoms with E-state index in [4.69, 9.17) is 0 Å². The molecule has 118 valence electrons. The fourth-order valence-corrected chi connectivity index (χ4v) is 5.47. The van der Waals surface area contributed by atoms with Gasteiger partial charge in [-0.3, -0.25) is 0 Å². The van der Waals surface area contributed by atoms with E-state index in [0.29, 0.717) is 13.0 Å². The van der Waals surface area contributed by atoms with Gasteiger partial charge in [0, 0.05) is 18.1 Å². The summed E-state index contributed by atoms with van der Waals surface area (Å²) in [5.41, 5.74) is 1.06. The monoisotopic (exact) mass is 336 g/mol. The van der Waals surface area contributed by atoms with E-state index in [0.717, 1.165) is 29.8 Å². The Morgan fingerprint density at radius 3 is 2.77 bits per heavy atom. The highest BCUT2D eigenvalue weighted by atomic mass is 32.2. The van der Waals surface area contributed by atoms with Gasteiger partial charge < -0.3 is 0 Å². The largest absolute Gasteiger partial charge is 0.248 e. The predicted octanol–water partition coefficient (Wildman–Crippen LogP) is 3.24. The maximum Gasteiger partial charge on any atom is 0.215 e. The molecule has 6 heteroatoms. The molecule has 1 aliphatic heterocycles. The van der Waals surface area contributed by atoms with Gasteiger partial charge in [-0.15, -0.1) is 11.3 Å². The first-order valence-electron chi connectivity index (χ1n) is 7.60. The number of thiazole rings is 1. The summed E-state index contributed by atoms with van der Waals surface area (Å²) in [7, 11) is -3.26. The van der Waals surface area contributed by atoms with Crippen molar-refractivity contribution in [1.29, 1.82) is 0 Å². The van der Waals surface area contributed by atoms with Crippen LogP contribution >= 0.6 is 11.3 Å². The molecule has 22 heavy (non-hydrogen) atoms. The zero-order valence-electron chi connectivity index (χ0n) is 12.4. The predicted molar refractivity (Wildman–Crippen MR) is 89.3 cm³/mol. The fourth-order valence-electron chi connectivity index (χ4n) is 2.89. The van der Waals surface area contributed by atoms with Crippen molar-refractivity contribution in [3.05, 3.63) is 52.5 Å². The van der Waals surface area contributed by atoms with Crippen LogP contribution in [0.15, 0.2) is 41.9 Å². The second kappa shape index (κ2) is 6.89. The second-order valence-corrected chi connectivity index (χ2v) is 8.51. The average Bonchev–Trinajstić information content (AvgIpc) is 3.08. The van der Waals surface area contributed by atoms with E-state index in [-0.39, 0.29) is 11.8 Å². The highest BCUT2D eigenvalue weighted by Gasteiger charge is 2.34. The van der Waals surface area contributed by atoms with Crippen LogP contribution in [-0.4, -0.2) is 30.0 Å². The van der Waals surface area contributed by atoms with Crippen molar-refractivity contribution >= 4 is 21.4 Å². The highest BCUT2D eigenvalue weighted by molar-refractivity contribution is 7.89. The number of piperidine rings is 1. The molecule has 2 aromatic rings. The van der Waals surface area contributed by atoms with E-state index >= 15 is 0 Å². The third-order valence-corrected chi connectivity index (χ3v) is 6.79. The van der Waals surface area contributed by atoms with E-state index in [1.807, 2.05) is 35.7 Å². The SMILES string of the molecule is O=S(=O)(CCc1ccccc1)N1CCCCC1c1nccs1. The fraction of sp³-hybridized carbons (Fsp3) is 0.438. The minimum atomic E-state index is -3.26. The molecule has 0 radical (unpaired) electrons. The zero-order valence-corrected chi connectivity index (χ0v) is 14.0. The Balaban J connectivity index is 1.74. The molecule has 1 unspecified atom stereocenters. The van der Waals surface area contributed by atoms with Gasteiger partial charge in [-0.2, -0.15) is 4.31 Å². The van der Waals surface area contributed by atoms with Gasteiger partial charge in [-0.25, -0.2) is 13.4 Å². The number of aromatic nitrogens is 1. The molecule has 0 spiro atoms. The molecule has 1 aromatic heterocycles. The molecule has 0 bridgehead atoms. The Hall–Kier alpha value is -1.24. The number of benzene rings is 1. The molecule has 0 amide bonds. The van der Waals surface area contributed by atoms with Crippen molar-refractivity contribution in [1.82, 2.24) is 9.29 Å². The molecule has 1 atom stereocenters. The van der Waals surface area contributed by atoms with E-state index in [1.165, 1.54) is 0 Å². The van der Waals surface area contributed by atoms with Crippen molar-refractivity contribution < 1.29 is 8.42 Å². The molecule has 4 nitrogen and oxygen atoms in total. The van der Waals surface area contributed by atoms with Crippen LogP contribution in [0.3, 0.4) is 0 Å². The maximum absolute atomic E-state index is 12.8. The Morgan fingerprint density at radius 1 is 1.23 bits per heavy atom. The Kier molecular flexibility index (Phi) is 4.90. The Morgan fingerprint density at radius 2 is 2.05 bits per heavy atom. The summed E-state index contributed by atoms with van der Waals surface area (Å²) in [6.07, 6.45) is 5.19. The highest BCUT2D eigenvalue weighted by Crippen LogP contribution is 2.34. The molecular formula is C16H20N2O2S2. The van der Waals surface area contributed by atoms with Crippen molar-refractivity contribution in [3.63, 3.8) is 0 Å². The van der Waals surface area contributed by atoms with E-state index < -0.39 is 10.0 Å². The molecule has 0 N–H and O–H groups in total. The van der Waals surface area contributed by atoms with Crippen molar-refractivity contribution in [2.75, 3.05) is 12.3 Å². The van der Waals surface area contributed by atoms with Gasteiger partial charge in [0.2, 0.25) is 10.0 Å². The Labute approximate surface area is 135 Å². The summed E-state index contributed by atoms with van der Waals surface area (Å²) < 4.78 is 27.2. The first kappa shape index (κ1) is 15.6. The molecule has 3 rings (SSSR count). The first-order chi connectivity index (χ1) is 10.7. The lowest BCUT2D eigenvalue weighted by Gasteiger charge is -2.33. The lowest BCUT2D eigenvalue weighted by atomic mass is 10.1. The van der Waals surface area contributed by atoms with Gasteiger partial charge in [0.1, 0.15) is 5.01 Å². The van der Waals surface area contributed by atoms with Crippen LogP contribution in [0.4, 0.5) is 0 Å². The van der Waals surface area contributed by atoms with Gasteiger partial charge in [0.25, 0.3) is 0 Å². The molecule has 1 saturated heterocycles. The van der Waals surface area contributed by atoms with Crippen LogP contribution in [-0.2, 0) is 16.4 Å². The quantitative estimate of drug-likeness (QED) is 0.842. The summed E-state index contributed by atoms with van der Waals surface area (Å²) in [6.45, 7) is 0.612. The Bertz CT molecular complexity index is 684. The smallest absolute Gasteiger partial charge is 0.215 e. The van der Waals surface area contributed by atoms with Crippen molar-refractivity contribution in [3.8, 4) is 0 Å². The number of nitrogens with zero attached hydrogens (tertiary/aromatic N) is 2. The van der Waals surface area contributed by atoms with Crippen LogP contribution in [0.1, 0.15) is 35.9 Å². The van der Waals surface area contributed by atoms with Gasteiger partial charge in [-0.1, -0.05) is 36.8 Å². The van der Waals surface area contributed by atoms with Crippen molar-refractivity contribution in [2.24, 2.45) is 0 Å². The molecule has 1 aliphatic rings. The standard InChI is InChI=1S/C16H20N2O2S2/c19-22(20,13-9-14-6-2-1-3-7-14)18-11-5-4-8-15(18)16-17-10-12-21-16/h1-3,6-7,10,12,15H,4-5,8-9,11,13H2.